The molecule has 1 radical (unpaired) electrons. The van der Waals surface area contributed by atoms with Crippen molar-refractivity contribution in [3.63, 3.8) is 0 Å². The van der Waals surface area contributed by atoms with E-state index in [0.29, 0.717) is 30.2 Å². The van der Waals surface area contributed by atoms with Crippen LogP contribution in [0.4, 0.5) is 11.4 Å². The van der Waals surface area contributed by atoms with Gasteiger partial charge in [-0.2, -0.15) is 6.20 Å². The molecule has 0 saturated carbocycles. The molecule has 0 atom stereocenters. The van der Waals surface area contributed by atoms with Gasteiger partial charge in [-0.3, -0.25) is 4.79 Å². The van der Waals surface area contributed by atoms with Gasteiger partial charge in [-0.05, 0) is 97.5 Å². The van der Waals surface area contributed by atoms with Crippen molar-refractivity contribution < 1.29 is 27.2 Å². The molecule has 5 heteroatoms. The SMILES string of the molecule is CC(C)c1cccc(C(C)C)c1N1[CH-]N(c2c(C(C)C)cccc2C(C)C)C(=O)C(C)(C)C1.[Au].c1ccc2c(c1)c1ccccc1c1c3cc[n-]c3ccc21. The largest absolute Gasteiger partial charge is 0.664 e. The number of nitrogens with zero attached hydrogens (tertiary/aromatic N) is 3. The summed E-state index contributed by atoms with van der Waals surface area (Å²) < 4.78 is 0. The Morgan fingerprint density at radius 3 is 1.47 bits per heavy atom. The van der Waals surface area contributed by atoms with Crippen molar-refractivity contribution >= 4 is 60.5 Å². The van der Waals surface area contributed by atoms with E-state index in [4.69, 9.17) is 0 Å². The molecule has 1 aliphatic heterocycles. The monoisotopic (exact) mass is 910 g/mol. The van der Waals surface area contributed by atoms with Crippen LogP contribution in [0, 0.1) is 12.1 Å². The van der Waals surface area contributed by atoms with E-state index in [2.05, 4.69) is 189 Å². The van der Waals surface area contributed by atoms with Gasteiger partial charge < -0.3 is 14.8 Å². The molecule has 55 heavy (non-hydrogen) atoms. The van der Waals surface area contributed by atoms with Gasteiger partial charge in [-0.1, -0.05) is 159 Å². The number of carbonyl (C=O) groups excluding carboxylic acids is 1. The average molecular weight is 911 g/mol. The molecule has 2 heterocycles. The fraction of sp³-hybridized carbons (Fsp3) is 0.320. The molecule has 1 fully saturated rings. The molecule has 1 aliphatic rings. The van der Waals surface area contributed by atoms with Gasteiger partial charge in [0.2, 0.25) is 5.91 Å². The van der Waals surface area contributed by atoms with Gasteiger partial charge in [-0.25, -0.2) is 0 Å². The van der Waals surface area contributed by atoms with E-state index < -0.39 is 5.41 Å². The third kappa shape index (κ3) is 7.37. The summed E-state index contributed by atoms with van der Waals surface area (Å²) >= 11 is 0. The molecule has 289 valence electrons. The van der Waals surface area contributed by atoms with Crippen LogP contribution in [0.15, 0.2) is 109 Å². The Balaban J connectivity index is 0.000000199. The molecule has 0 N–H and O–H groups in total. The summed E-state index contributed by atoms with van der Waals surface area (Å²) in [6.07, 6.45) is 1.90. The van der Waals surface area contributed by atoms with Crippen molar-refractivity contribution in [2.45, 2.75) is 92.9 Å². The van der Waals surface area contributed by atoms with Gasteiger partial charge in [0, 0.05) is 40.3 Å². The topological polar surface area (TPSA) is 37.7 Å². The van der Waals surface area contributed by atoms with Crippen LogP contribution in [0.3, 0.4) is 0 Å². The summed E-state index contributed by atoms with van der Waals surface area (Å²) in [5, 5.41) is 9.13. The predicted molar refractivity (Wildman–Crippen MR) is 232 cm³/mol. The summed E-state index contributed by atoms with van der Waals surface area (Å²) in [6.45, 7) is 24.8. The van der Waals surface area contributed by atoms with Crippen LogP contribution < -0.4 is 14.8 Å². The van der Waals surface area contributed by atoms with Crippen LogP contribution in [0.25, 0.3) is 43.2 Å². The Hall–Kier alpha value is -4.35. The Morgan fingerprint density at radius 2 is 0.982 bits per heavy atom. The van der Waals surface area contributed by atoms with Crippen molar-refractivity contribution in [1.29, 1.82) is 0 Å². The van der Waals surface area contributed by atoms with Gasteiger partial charge in [-0.15, -0.1) is 12.2 Å². The van der Waals surface area contributed by atoms with Crippen LogP contribution >= 0.6 is 0 Å². The Bertz CT molecular complexity index is 2400. The minimum absolute atomic E-state index is 0. The first-order chi connectivity index (χ1) is 25.8. The predicted octanol–water partition coefficient (Wildman–Crippen LogP) is 13.4. The number of hydrogen-bond acceptors (Lipinski definition) is 2. The number of fused-ring (bicyclic) bond motifs is 8. The summed E-state index contributed by atoms with van der Waals surface area (Å²) in [5.41, 5.74) is 8.02. The van der Waals surface area contributed by atoms with Crippen molar-refractivity contribution in [1.82, 2.24) is 4.98 Å². The van der Waals surface area contributed by atoms with E-state index in [1.807, 2.05) is 11.1 Å². The first-order valence-corrected chi connectivity index (χ1v) is 19.7. The molecular formula is C50H55AuN3O-2. The second kappa shape index (κ2) is 16.0. The molecule has 1 saturated heterocycles. The minimum atomic E-state index is -0.509. The zero-order valence-corrected chi connectivity index (χ0v) is 36.2. The number of para-hydroxylation sites is 2. The van der Waals surface area contributed by atoms with E-state index in [9.17, 15) is 4.79 Å². The van der Waals surface area contributed by atoms with Gasteiger partial charge >= 0.3 is 0 Å². The van der Waals surface area contributed by atoms with Gasteiger partial charge in [0.1, 0.15) is 0 Å². The van der Waals surface area contributed by atoms with Crippen LogP contribution in [-0.2, 0) is 27.2 Å². The number of anilines is 2. The maximum Gasteiger partial charge on any atom is 0.206 e. The smallest absolute Gasteiger partial charge is 0.206 e. The number of rotatable bonds is 6. The van der Waals surface area contributed by atoms with E-state index in [0.717, 1.165) is 11.2 Å². The summed E-state index contributed by atoms with van der Waals surface area (Å²) in [7, 11) is 0. The molecule has 1 aromatic heterocycles. The normalized spacial score (nSPS) is 14.5. The summed E-state index contributed by atoms with van der Waals surface area (Å²) in [4.78, 5) is 22.7. The second-order valence-electron chi connectivity index (χ2n) is 16.9. The Morgan fingerprint density at radius 1 is 0.545 bits per heavy atom. The third-order valence-corrected chi connectivity index (χ3v) is 11.2. The first-order valence-electron chi connectivity index (χ1n) is 19.7. The zero-order chi connectivity index (χ0) is 38.5. The average Bonchev–Trinajstić information content (AvgIpc) is 3.65. The number of benzene rings is 6. The first kappa shape index (κ1) is 40.3. The molecule has 8 rings (SSSR count). The van der Waals surface area contributed by atoms with E-state index >= 15 is 0 Å². The second-order valence-corrected chi connectivity index (χ2v) is 16.9. The van der Waals surface area contributed by atoms with Crippen LogP contribution in [0.2, 0.25) is 0 Å². The van der Waals surface area contributed by atoms with Gasteiger partial charge in [0.05, 0.1) is 5.41 Å². The maximum absolute atomic E-state index is 13.9. The fourth-order valence-electron chi connectivity index (χ4n) is 8.47. The van der Waals surface area contributed by atoms with Crippen molar-refractivity contribution in [2.24, 2.45) is 5.41 Å². The quantitative estimate of drug-likeness (QED) is 0.0948. The molecule has 1 amide bonds. The molecule has 0 spiro atoms. The van der Waals surface area contributed by atoms with Crippen LogP contribution in [-0.4, -0.2) is 12.5 Å². The molecule has 7 aromatic rings. The zero-order valence-electron chi connectivity index (χ0n) is 34.0. The Kier molecular flexibility index (Phi) is 11.7. The molecule has 0 bridgehead atoms. The van der Waals surface area contributed by atoms with E-state index in [-0.39, 0.29) is 28.3 Å². The third-order valence-electron chi connectivity index (χ3n) is 11.2. The molecule has 6 aromatic carbocycles. The summed E-state index contributed by atoms with van der Waals surface area (Å²) in [6, 6.07) is 36.9. The van der Waals surface area contributed by atoms with Crippen molar-refractivity contribution in [3.05, 3.63) is 138 Å². The van der Waals surface area contributed by atoms with Gasteiger partial charge in [0.25, 0.3) is 0 Å². The number of carbonyl (C=O) groups is 1. The van der Waals surface area contributed by atoms with Crippen LogP contribution in [0.5, 0.6) is 0 Å². The van der Waals surface area contributed by atoms with Crippen LogP contribution in [0.1, 0.15) is 115 Å². The minimum Gasteiger partial charge on any atom is -0.664 e. The van der Waals surface area contributed by atoms with Crippen molar-refractivity contribution in [3.8, 4) is 0 Å². The Labute approximate surface area is 343 Å². The number of aromatic nitrogens is 1. The maximum atomic E-state index is 13.9. The molecule has 0 aliphatic carbocycles. The summed E-state index contributed by atoms with van der Waals surface area (Å²) in [5.74, 6) is 1.62. The van der Waals surface area contributed by atoms with Gasteiger partial charge in [0.15, 0.2) is 0 Å². The van der Waals surface area contributed by atoms with Crippen molar-refractivity contribution in [2.75, 3.05) is 16.3 Å². The molecular weight excluding hydrogens is 856 g/mol. The van der Waals surface area contributed by atoms with E-state index in [1.165, 1.54) is 65.6 Å². The van der Waals surface area contributed by atoms with E-state index in [1.54, 1.807) is 0 Å². The number of amides is 1. The molecule has 0 unspecified atom stereocenters. The fourth-order valence-corrected chi connectivity index (χ4v) is 8.47. The molecule has 4 nitrogen and oxygen atoms in total. The standard InChI is InChI=1S/C30H43N2O.C20H12N.Au/c1-19(2)23-13-11-14-24(20(3)4)27(23)31-17-30(9,10)29(33)32(18-31)28-25(21(5)6)15-12-16-26(28)22(7)8;1-2-7-15-13(5-1)14-6-3-4-8-16(14)20-17(15)9-10-19-18(20)11-12-21-19;/h11-16,18-22H,17H2,1-10H3;1-12H;/q2*-1;. The number of hydrogen-bond donors (Lipinski definition) is 0.